The highest BCUT2D eigenvalue weighted by Crippen LogP contribution is 2.27. The fraction of sp³-hybridized carbons (Fsp3) is 0.389. The Morgan fingerprint density at radius 3 is 2.35 bits per heavy atom. The molecule has 1 aliphatic heterocycles. The number of amides is 1. The van der Waals surface area contributed by atoms with Gasteiger partial charge >= 0.3 is 0 Å². The Hall–Kier alpha value is -2.05. The summed E-state index contributed by atoms with van der Waals surface area (Å²) in [6.45, 7) is 1.33. The predicted octanol–water partition coefficient (Wildman–Crippen LogP) is 2.84. The van der Waals surface area contributed by atoms with Crippen molar-refractivity contribution in [1.29, 1.82) is 0 Å². The maximum absolute atomic E-state index is 12.6. The minimum Gasteiger partial charge on any atom is -0.369 e. The molecule has 0 spiro atoms. The van der Waals surface area contributed by atoms with Crippen LogP contribution in [0.1, 0.15) is 12.8 Å². The number of carbonyl (C=O) groups excluding carboxylic acids is 1. The second-order valence-corrected chi connectivity index (χ2v) is 7.35. The van der Waals surface area contributed by atoms with Crippen molar-refractivity contribution in [2.75, 3.05) is 32.1 Å². The van der Waals surface area contributed by atoms with Gasteiger partial charge in [0.05, 0.1) is 17.6 Å². The summed E-state index contributed by atoms with van der Waals surface area (Å²) in [7, 11) is 3.54. The third-order valence-corrected chi connectivity index (χ3v) is 5.20. The van der Waals surface area contributed by atoms with Crippen molar-refractivity contribution in [3.05, 3.63) is 50.9 Å². The Bertz CT molecular complexity index is 856. The second kappa shape index (κ2) is 7.68. The molecule has 1 aromatic heterocycles. The Kier molecular flexibility index (Phi) is 5.53. The predicted molar refractivity (Wildman–Crippen MR) is 103 cm³/mol. The summed E-state index contributed by atoms with van der Waals surface area (Å²) < 4.78 is 1.25. The van der Waals surface area contributed by atoms with E-state index in [1.165, 1.54) is 4.68 Å². The third kappa shape index (κ3) is 3.71. The third-order valence-electron chi connectivity index (χ3n) is 4.60. The van der Waals surface area contributed by atoms with Crippen LogP contribution in [0, 0.1) is 5.92 Å². The van der Waals surface area contributed by atoms with Crippen LogP contribution in [0.25, 0.3) is 5.69 Å². The summed E-state index contributed by atoms with van der Waals surface area (Å²) in [5.74, 6) is 0.162. The molecule has 2 heterocycles. The standard InChI is InChI=1S/C18H20Cl2N4O2/c1-22(2)17(25)12-7-9-23(10-8-12)15-11-21-24(18(26)16(15)20)14-5-3-13(19)4-6-14/h3-6,11-12H,7-10H2,1-2H3. The van der Waals surface area contributed by atoms with Crippen LogP contribution in [0.2, 0.25) is 10.0 Å². The number of anilines is 1. The molecule has 8 heteroatoms. The van der Waals surface area contributed by atoms with E-state index in [1.54, 1.807) is 49.5 Å². The summed E-state index contributed by atoms with van der Waals surface area (Å²) in [5, 5.41) is 4.97. The highest BCUT2D eigenvalue weighted by molar-refractivity contribution is 6.33. The second-order valence-electron chi connectivity index (χ2n) is 6.53. The van der Waals surface area contributed by atoms with Crippen molar-refractivity contribution >= 4 is 34.8 Å². The van der Waals surface area contributed by atoms with Gasteiger partial charge in [-0.05, 0) is 37.1 Å². The van der Waals surface area contributed by atoms with Crippen LogP contribution in [-0.4, -0.2) is 47.8 Å². The number of hydrogen-bond donors (Lipinski definition) is 0. The van der Waals surface area contributed by atoms with Crippen molar-refractivity contribution in [3.8, 4) is 5.69 Å². The average molecular weight is 395 g/mol. The highest BCUT2D eigenvalue weighted by atomic mass is 35.5. The van der Waals surface area contributed by atoms with E-state index in [0.29, 0.717) is 29.5 Å². The van der Waals surface area contributed by atoms with Crippen LogP contribution in [0.3, 0.4) is 0 Å². The molecule has 26 heavy (non-hydrogen) atoms. The average Bonchev–Trinajstić information content (AvgIpc) is 2.64. The molecule has 0 radical (unpaired) electrons. The molecule has 1 aliphatic rings. The van der Waals surface area contributed by atoms with E-state index >= 15 is 0 Å². The zero-order valence-electron chi connectivity index (χ0n) is 14.7. The Morgan fingerprint density at radius 1 is 1.15 bits per heavy atom. The number of halogens is 2. The van der Waals surface area contributed by atoms with Crippen molar-refractivity contribution in [3.63, 3.8) is 0 Å². The lowest BCUT2D eigenvalue weighted by Crippen LogP contribution is -2.41. The summed E-state index contributed by atoms with van der Waals surface area (Å²) in [6, 6.07) is 6.81. The largest absolute Gasteiger partial charge is 0.369 e. The summed E-state index contributed by atoms with van der Waals surface area (Å²) >= 11 is 12.2. The molecule has 1 amide bonds. The zero-order valence-corrected chi connectivity index (χ0v) is 16.2. The van der Waals surface area contributed by atoms with Crippen LogP contribution >= 0.6 is 23.2 Å². The molecule has 0 N–H and O–H groups in total. The number of aromatic nitrogens is 2. The quantitative estimate of drug-likeness (QED) is 0.802. The molecule has 0 unspecified atom stereocenters. The first kappa shape index (κ1) is 18.7. The van der Waals surface area contributed by atoms with Crippen LogP contribution in [-0.2, 0) is 4.79 Å². The van der Waals surface area contributed by atoms with Gasteiger partial charge in [0.1, 0.15) is 5.02 Å². The SMILES string of the molecule is CN(C)C(=O)C1CCN(c2cnn(-c3ccc(Cl)cc3)c(=O)c2Cl)CC1. The minimum absolute atomic E-state index is 0.0161. The number of nitrogens with zero attached hydrogens (tertiary/aromatic N) is 4. The lowest BCUT2D eigenvalue weighted by atomic mass is 9.95. The number of carbonyl (C=O) groups is 1. The molecule has 0 saturated carbocycles. The van der Waals surface area contributed by atoms with E-state index < -0.39 is 0 Å². The first-order chi connectivity index (χ1) is 12.4. The van der Waals surface area contributed by atoms with Gasteiger partial charge in [-0.1, -0.05) is 23.2 Å². The van der Waals surface area contributed by atoms with Crippen LogP contribution < -0.4 is 10.5 Å². The van der Waals surface area contributed by atoms with Gasteiger partial charge in [0.25, 0.3) is 5.56 Å². The van der Waals surface area contributed by atoms with E-state index in [4.69, 9.17) is 23.2 Å². The maximum atomic E-state index is 12.6. The summed E-state index contributed by atoms with van der Waals surface area (Å²) in [5.41, 5.74) is 0.832. The van der Waals surface area contributed by atoms with Crippen molar-refractivity contribution in [2.45, 2.75) is 12.8 Å². The number of piperidine rings is 1. The van der Waals surface area contributed by atoms with Gasteiger partial charge in [-0.2, -0.15) is 9.78 Å². The summed E-state index contributed by atoms with van der Waals surface area (Å²) in [4.78, 5) is 28.4. The molecule has 1 aromatic carbocycles. The van der Waals surface area contributed by atoms with Crippen LogP contribution in [0.4, 0.5) is 5.69 Å². The first-order valence-corrected chi connectivity index (χ1v) is 9.14. The summed E-state index contributed by atoms with van der Waals surface area (Å²) in [6.07, 6.45) is 3.06. The van der Waals surface area contributed by atoms with Crippen molar-refractivity contribution < 1.29 is 4.79 Å². The van der Waals surface area contributed by atoms with Gasteiger partial charge in [-0.25, -0.2) is 0 Å². The van der Waals surface area contributed by atoms with Crippen molar-refractivity contribution in [1.82, 2.24) is 14.7 Å². The van der Waals surface area contributed by atoms with E-state index in [9.17, 15) is 9.59 Å². The van der Waals surface area contributed by atoms with Gasteiger partial charge in [0, 0.05) is 38.1 Å². The number of rotatable bonds is 3. The molecule has 0 bridgehead atoms. The van der Waals surface area contributed by atoms with Gasteiger partial charge < -0.3 is 9.80 Å². The fourth-order valence-electron chi connectivity index (χ4n) is 3.14. The topological polar surface area (TPSA) is 58.4 Å². The van der Waals surface area contributed by atoms with Gasteiger partial charge in [-0.15, -0.1) is 0 Å². The Morgan fingerprint density at radius 2 is 1.77 bits per heavy atom. The molecule has 0 atom stereocenters. The number of hydrogen-bond acceptors (Lipinski definition) is 4. The van der Waals surface area contributed by atoms with E-state index in [2.05, 4.69) is 5.10 Å². The zero-order chi connectivity index (χ0) is 18.8. The minimum atomic E-state index is -0.377. The normalized spacial score (nSPS) is 15.2. The highest BCUT2D eigenvalue weighted by Gasteiger charge is 2.27. The monoisotopic (exact) mass is 394 g/mol. The molecule has 1 saturated heterocycles. The molecule has 2 aromatic rings. The molecule has 1 fully saturated rings. The molecular formula is C18H20Cl2N4O2. The van der Waals surface area contributed by atoms with E-state index in [-0.39, 0.29) is 22.4 Å². The smallest absolute Gasteiger partial charge is 0.292 e. The molecule has 0 aliphatic carbocycles. The van der Waals surface area contributed by atoms with E-state index in [1.807, 2.05) is 4.90 Å². The van der Waals surface area contributed by atoms with Gasteiger partial charge in [0.15, 0.2) is 0 Å². The molecular weight excluding hydrogens is 375 g/mol. The molecule has 3 rings (SSSR count). The van der Waals surface area contributed by atoms with Gasteiger partial charge in [0.2, 0.25) is 5.91 Å². The van der Waals surface area contributed by atoms with Crippen LogP contribution in [0.5, 0.6) is 0 Å². The first-order valence-electron chi connectivity index (χ1n) is 8.38. The lowest BCUT2D eigenvalue weighted by Gasteiger charge is -2.34. The van der Waals surface area contributed by atoms with Crippen LogP contribution in [0.15, 0.2) is 35.3 Å². The lowest BCUT2D eigenvalue weighted by molar-refractivity contribution is -0.133. The van der Waals surface area contributed by atoms with E-state index in [0.717, 1.165) is 12.8 Å². The van der Waals surface area contributed by atoms with Gasteiger partial charge in [-0.3, -0.25) is 9.59 Å². The van der Waals surface area contributed by atoms with Crippen molar-refractivity contribution in [2.24, 2.45) is 5.92 Å². The number of benzene rings is 1. The molecule has 6 nitrogen and oxygen atoms in total. The maximum Gasteiger partial charge on any atom is 0.292 e. The molecule has 138 valence electrons. The Labute approximate surface area is 161 Å². The Balaban J connectivity index is 1.80. The fourth-order valence-corrected chi connectivity index (χ4v) is 3.52.